The largest absolute Gasteiger partial charge is 0.325 e. The maximum Gasteiger partial charge on any atom is 0.241 e. The maximum absolute atomic E-state index is 13.1. The molecule has 2 aromatic carbocycles. The van der Waals surface area contributed by atoms with Gasteiger partial charge in [0.25, 0.3) is 0 Å². The van der Waals surface area contributed by atoms with Gasteiger partial charge in [-0.1, -0.05) is 35.9 Å². The first kappa shape index (κ1) is 14.0. The third kappa shape index (κ3) is 3.06. The molecule has 3 rings (SSSR count). The highest BCUT2D eigenvalue weighted by Gasteiger charge is 2.23. The second-order valence-electron chi connectivity index (χ2n) is 5.02. The van der Waals surface area contributed by atoms with Crippen LogP contribution in [0.25, 0.3) is 0 Å². The maximum atomic E-state index is 13.1. The van der Waals surface area contributed by atoms with Gasteiger partial charge in [0.2, 0.25) is 5.91 Å². The fourth-order valence-corrected chi connectivity index (χ4v) is 2.62. The van der Waals surface area contributed by atoms with Gasteiger partial charge in [0, 0.05) is 12.2 Å². The van der Waals surface area contributed by atoms with Crippen LogP contribution in [0.5, 0.6) is 0 Å². The second-order valence-corrected chi connectivity index (χ2v) is 5.43. The van der Waals surface area contributed by atoms with Crippen LogP contribution in [0.15, 0.2) is 42.5 Å². The average Bonchev–Trinajstić information content (AvgIpc) is 2.50. The van der Waals surface area contributed by atoms with Crippen molar-refractivity contribution in [1.29, 1.82) is 0 Å². The molecule has 0 saturated carbocycles. The van der Waals surface area contributed by atoms with Crippen LogP contribution in [0, 0.1) is 5.82 Å². The summed E-state index contributed by atoms with van der Waals surface area (Å²) < 4.78 is 13.1. The van der Waals surface area contributed by atoms with Gasteiger partial charge < -0.3 is 10.6 Å². The highest BCUT2D eigenvalue weighted by atomic mass is 35.5. The molecule has 0 spiro atoms. The fraction of sp³-hybridized carbons (Fsp3) is 0.188. The molecule has 1 aliphatic heterocycles. The van der Waals surface area contributed by atoms with Gasteiger partial charge in [-0.2, -0.15) is 0 Å². The number of nitrogens with one attached hydrogen (secondary N) is 2. The molecule has 108 valence electrons. The van der Waals surface area contributed by atoms with E-state index in [1.165, 1.54) is 29.3 Å². The molecule has 0 radical (unpaired) electrons. The Bertz CT molecular complexity index is 690. The van der Waals surface area contributed by atoms with Gasteiger partial charge in [-0.3, -0.25) is 4.79 Å². The lowest BCUT2D eigenvalue weighted by Crippen LogP contribution is -2.44. The van der Waals surface area contributed by atoms with E-state index >= 15 is 0 Å². The Morgan fingerprint density at radius 3 is 2.76 bits per heavy atom. The van der Waals surface area contributed by atoms with Crippen molar-refractivity contribution < 1.29 is 9.18 Å². The van der Waals surface area contributed by atoms with Crippen molar-refractivity contribution in [1.82, 2.24) is 5.32 Å². The van der Waals surface area contributed by atoms with Crippen LogP contribution >= 0.6 is 11.6 Å². The number of hydrogen-bond donors (Lipinski definition) is 2. The number of anilines is 1. The van der Waals surface area contributed by atoms with E-state index in [1.54, 1.807) is 0 Å². The number of carbonyl (C=O) groups is 1. The lowest BCUT2D eigenvalue weighted by atomic mass is 9.95. The molecular formula is C16H14ClFN2O. The summed E-state index contributed by atoms with van der Waals surface area (Å²) in [5, 5.41) is 5.96. The molecule has 21 heavy (non-hydrogen) atoms. The summed E-state index contributed by atoms with van der Waals surface area (Å²) in [5.74, 6) is -0.647. The standard InChI is InChI=1S/C16H14ClFN2O/c17-13-8-12(5-6-14(13)18)20-16(21)15-7-10-3-1-2-4-11(10)9-19-15/h1-6,8,15,19H,7,9H2,(H,20,21)/t15-/m0/s1. The molecule has 5 heteroatoms. The van der Waals surface area contributed by atoms with Crippen LogP contribution in [-0.2, 0) is 17.8 Å². The van der Waals surface area contributed by atoms with E-state index in [1.807, 2.05) is 18.2 Å². The summed E-state index contributed by atoms with van der Waals surface area (Å²) in [7, 11) is 0. The van der Waals surface area contributed by atoms with E-state index in [9.17, 15) is 9.18 Å². The minimum Gasteiger partial charge on any atom is -0.325 e. The molecule has 0 aromatic heterocycles. The Hall–Kier alpha value is -1.91. The van der Waals surface area contributed by atoms with Crippen LogP contribution in [0.3, 0.4) is 0 Å². The van der Waals surface area contributed by atoms with Crippen molar-refractivity contribution in [3.05, 3.63) is 64.4 Å². The van der Waals surface area contributed by atoms with E-state index in [4.69, 9.17) is 11.6 Å². The van der Waals surface area contributed by atoms with Crippen molar-refractivity contribution in [3.63, 3.8) is 0 Å². The van der Waals surface area contributed by atoms with Gasteiger partial charge in [0.1, 0.15) is 5.82 Å². The third-order valence-corrected chi connectivity index (χ3v) is 3.87. The number of fused-ring (bicyclic) bond motifs is 1. The summed E-state index contributed by atoms with van der Waals surface area (Å²) >= 11 is 5.71. The first-order valence-electron chi connectivity index (χ1n) is 6.69. The molecule has 0 aliphatic carbocycles. The predicted octanol–water partition coefficient (Wildman–Crippen LogP) is 3.13. The number of benzene rings is 2. The minimum atomic E-state index is -0.501. The number of hydrogen-bond acceptors (Lipinski definition) is 2. The molecule has 2 aromatic rings. The van der Waals surface area contributed by atoms with E-state index < -0.39 is 5.82 Å². The van der Waals surface area contributed by atoms with Gasteiger partial charge >= 0.3 is 0 Å². The minimum absolute atomic E-state index is 0.00486. The molecule has 0 saturated heterocycles. The normalized spacial score (nSPS) is 17.1. The van der Waals surface area contributed by atoms with Gasteiger partial charge in [-0.15, -0.1) is 0 Å². The molecular weight excluding hydrogens is 291 g/mol. The smallest absolute Gasteiger partial charge is 0.241 e. The molecule has 1 amide bonds. The van der Waals surface area contributed by atoms with Crippen molar-refractivity contribution in [2.75, 3.05) is 5.32 Å². The Balaban J connectivity index is 1.70. The number of amides is 1. The summed E-state index contributed by atoms with van der Waals surface area (Å²) in [5.41, 5.74) is 2.88. The topological polar surface area (TPSA) is 41.1 Å². The van der Waals surface area contributed by atoms with Crippen LogP contribution in [0.1, 0.15) is 11.1 Å². The quantitative estimate of drug-likeness (QED) is 0.895. The molecule has 1 heterocycles. The fourth-order valence-electron chi connectivity index (χ4n) is 2.44. The lowest BCUT2D eigenvalue weighted by Gasteiger charge is -2.25. The Morgan fingerprint density at radius 1 is 1.24 bits per heavy atom. The molecule has 0 unspecified atom stereocenters. The Kier molecular flexibility index (Phi) is 3.90. The molecule has 0 bridgehead atoms. The van der Waals surface area contributed by atoms with Crippen LogP contribution in [0.2, 0.25) is 5.02 Å². The SMILES string of the molecule is O=C(Nc1ccc(F)c(Cl)c1)[C@@H]1Cc2ccccc2CN1. The number of rotatable bonds is 2. The predicted molar refractivity (Wildman–Crippen MR) is 80.8 cm³/mol. The second kappa shape index (κ2) is 5.84. The molecule has 2 N–H and O–H groups in total. The van der Waals surface area contributed by atoms with Crippen LogP contribution in [-0.4, -0.2) is 11.9 Å². The van der Waals surface area contributed by atoms with Gasteiger partial charge in [-0.05, 0) is 35.7 Å². The highest BCUT2D eigenvalue weighted by molar-refractivity contribution is 6.31. The summed E-state index contributed by atoms with van der Waals surface area (Å²) in [6, 6.07) is 11.9. The summed E-state index contributed by atoms with van der Waals surface area (Å²) in [4.78, 5) is 12.3. The van der Waals surface area contributed by atoms with Gasteiger partial charge in [0.05, 0.1) is 11.1 Å². The number of halogens is 2. The molecule has 3 nitrogen and oxygen atoms in total. The Morgan fingerprint density at radius 2 is 2.00 bits per heavy atom. The molecule has 1 atom stereocenters. The zero-order valence-corrected chi connectivity index (χ0v) is 12.0. The first-order valence-corrected chi connectivity index (χ1v) is 7.07. The van der Waals surface area contributed by atoms with E-state index in [0.29, 0.717) is 18.7 Å². The summed E-state index contributed by atoms with van der Waals surface area (Å²) in [6.45, 7) is 0.665. The lowest BCUT2D eigenvalue weighted by molar-refractivity contribution is -0.118. The van der Waals surface area contributed by atoms with Crippen molar-refractivity contribution in [2.45, 2.75) is 19.0 Å². The number of carbonyl (C=O) groups excluding carboxylic acids is 1. The monoisotopic (exact) mass is 304 g/mol. The zero-order chi connectivity index (χ0) is 14.8. The highest BCUT2D eigenvalue weighted by Crippen LogP contribution is 2.21. The first-order chi connectivity index (χ1) is 10.1. The molecule has 1 aliphatic rings. The summed E-state index contributed by atoms with van der Waals surface area (Å²) in [6.07, 6.45) is 0.636. The average molecular weight is 305 g/mol. The van der Waals surface area contributed by atoms with Gasteiger partial charge in [-0.25, -0.2) is 4.39 Å². The van der Waals surface area contributed by atoms with Crippen LogP contribution < -0.4 is 10.6 Å². The van der Waals surface area contributed by atoms with E-state index in [2.05, 4.69) is 16.7 Å². The van der Waals surface area contributed by atoms with Crippen LogP contribution in [0.4, 0.5) is 10.1 Å². The van der Waals surface area contributed by atoms with E-state index in [0.717, 1.165) is 0 Å². The Labute approximate surface area is 127 Å². The van der Waals surface area contributed by atoms with E-state index in [-0.39, 0.29) is 17.0 Å². The van der Waals surface area contributed by atoms with Crippen molar-refractivity contribution in [3.8, 4) is 0 Å². The molecule has 0 fully saturated rings. The van der Waals surface area contributed by atoms with Crippen molar-refractivity contribution >= 4 is 23.2 Å². The van der Waals surface area contributed by atoms with Gasteiger partial charge in [0.15, 0.2) is 0 Å². The zero-order valence-electron chi connectivity index (χ0n) is 11.2. The van der Waals surface area contributed by atoms with Crippen molar-refractivity contribution in [2.24, 2.45) is 0 Å². The third-order valence-electron chi connectivity index (χ3n) is 3.58.